The summed E-state index contributed by atoms with van der Waals surface area (Å²) in [5.74, 6) is 1.71. The summed E-state index contributed by atoms with van der Waals surface area (Å²) in [6.45, 7) is 6.71. The summed E-state index contributed by atoms with van der Waals surface area (Å²) in [5.41, 5.74) is 0.891. The maximum absolute atomic E-state index is 12.6. The van der Waals surface area contributed by atoms with Crippen molar-refractivity contribution in [2.24, 2.45) is 0 Å². The molecule has 0 unspecified atom stereocenters. The summed E-state index contributed by atoms with van der Waals surface area (Å²) >= 11 is 2.86. The Hall–Kier alpha value is -2.79. The molecule has 0 saturated carbocycles. The van der Waals surface area contributed by atoms with Gasteiger partial charge in [-0.15, -0.1) is 10.2 Å². The molecule has 0 bridgehead atoms. The molecule has 32 heavy (non-hydrogen) atoms. The summed E-state index contributed by atoms with van der Waals surface area (Å²) in [7, 11) is 0. The van der Waals surface area contributed by atoms with Gasteiger partial charge in [0.15, 0.2) is 15.8 Å². The molecule has 0 spiro atoms. The predicted octanol–water partition coefficient (Wildman–Crippen LogP) is 2.25. The van der Waals surface area contributed by atoms with Crippen molar-refractivity contribution in [2.45, 2.75) is 24.2 Å². The zero-order valence-corrected chi connectivity index (χ0v) is 19.6. The largest absolute Gasteiger partial charge is 0.454 e. The van der Waals surface area contributed by atoms with E-state index >= 15 is 0 Å². The van der Waals surface area contributed by atoms with Crippen LogP contribution in [0.3, 0.4) is 0 Å². The molecule has 0 radical (unpaired) electrons. The maximum Gasteiger partial charge on any atom is 0.246 e. The minimum atomic E-state index is -0.0213. The molecule has 1 aromatic heterocycles. The maximum atomic E-state index is 12.6. The van der Waals surface area contributed by atoms with Crippen LogP contribution < -0.4 is 19.7 Å². The van der Waals surface area contributed by atoms with Gasteiger partial charge in [-0.25, -0.2) is 0 Å². The quantitative estimate of drug-likeness (QED) is 0.481. The molecule has 2 aliphatic rings. The first kappa shape index (κ1) is 22.4. The number of nitrogens with one attached hydrogen (secondary N) is 1. The highest BCUT2D eigenvalue weighted by Crippen LogP contribution is 2.33. The topological polar surface area (TPSA) is 96.9 Å². The van der Waals surface area contributed by atoms with Crippen LogP contribution in [0.4, 0.5) is 5.13 Å². The number of piperazine rings is 1. The molecule has 9 nitrogen and oxygen atoms in total. The van der Waals surface area contributed by atoms with Crippen molar-refractivity contribution in [3.05, 3.63) is 29.8 Å². The van der Waals surface area contributed by atoms with Crippen molar-refractivity contribution in [3.63, 3.8) is 0 Å². The van der Waals surface area contributed by atoms with Crippen LogP contribution in [0.1, 0.15) is 19.4 Å². The molecular weight excluding hydrogens is 450 g/mol. The number of thioether (sulfide) groups is 1. The first-order chi connectivity index (χ1) is 15.5. The van der Waals surface area contributed by atoms with E-state index in [1.165, 1.54) is 23.1 Å². The van der Waals surface area contributed by atoms with E-state index in [1.807, 2.05) is 36.9 Å². The number of nitrogens with zero attached hydrogens (tertiary/aromatic N) is 4. The lowest BCUT2D eigenvalue weighted by Gasteiger charge is -2.33. The lowest BCUT2D eigenvalue weighted by atomic mass is 10.2. The highest BCUT2D eigenvalue weighted by molar-refractivity contribution is 8.01. The third-order valence-corrected chi connectivity index (χ3v) is 6.97. The number of benzene rings is 1. The molecule has 0 aliphatic carbocycles. The zero-order chi connectivity index (χ0) is 22.5. The Morgan fingerprint density at radius 1 is 1.19 bits per heavy atom. The van der Waals surface area contributed by atoms with Crippen molar-refractivity contribution in [2.75, 3.05) is 43.6 Å². The molecule has 1 N–H and O–H groups in total. The molecule has 11 heteroatoms. The molecule has 4 rings (SSSR count). The number of anilines is 1. The van der Waals surface area contributed by atoms with Gasteiger partial charge in [0, 0.05) is 38.3 Å². The summed E-state index contributed by atoms with van der Waals surface area (Å²) in [6, 6.07) is 5.73. The Balaban J connectivity index is 1.24. The van der Waals surface area contributed by atoms with E-state index in [4.69, 9.17) is 9.47 Å². The van der Waals surface area contributed by atoms with E-state index in [0.717, 1.165) is 20.8 Å². The minimum absolute atomic E-state index is 0.0114. The van der Waals surface area contributed by atoms with Crippen molar-refractivity contribution >= 4 is 46.1 Å². The van der Waals surface area contributed by atoms with Crippen LogP contribution in [-0.4, -0.2) is 71.7 Å². The molecule has 170 valence electrons. The zero-order valence-electron chi connectivity index (χ0n) is 17.9. The van der Waals surface area contributed by atoms with Crippen LogP contribution in [0.25, 0.3) is 6.08 Å². The van der Waals surface area contributed by atoms with Gasteiger partial charge in [0.1, 0.15) is 0 Å². The Morgan fingerprint density at radius 2 is 1.97 bits per heavy atom. The third kappa shape index (κ3) is 5.71. The summed E-state index contributed by atoms with van der Waals surface area (Å²) in [6.07, 6.45) is 3.38. The van der Waals surface area contributed by atoms with E-state index in [-0.39, 0.29) is 24.6 Å². The van der Waals surface area contributed by atoms with Crippen molar-refractivity contribution in [3.8, 4) is 11.5 Å². The molecule has 2 aromatic rings. The lowest BCUT2D eigenvalue weighted by Crippen LogP contribution is -2.48. The number of carbonyl (C=O) groups is 2. The number of hydrogen-bond acceptors (Lipinski definition) is 9. The number of aromatic nitrogens is 2. The second-order valence-electron chi connectivity index (χ2n) is 7.62. The molecular formula is C21H25N5O4S2. The first-order valence-electron chi connectivity index (χ1n) is 10.3. The highest BCUT2D eigenvalue weighted by atomic mass is 32.2. The Morgan fingerprint density at radius 3 is 2.75 bits per heavy atom. The van der Waals surface area contributed by atoms with Crippen molar-refractivity contribution in [1.29, 1.82) is 0 Å². The predicted molar refractivity (Wildman–Crippen MR) is 124 cm³/mol. The van der Waals surface area contributed by atoms with Gasteiger partial charge in [-0.1, -0.05) is 29.2 Å². The van der Waals surface area contributed by atoms with Gasteiger partial charge in [-0.05, 0) is 37.6 Å². The number of fused-ring (bicyclic) bond motifs is 1. The van der Waals surface area contributed by atoms with E-state index in [0.29, 0.717) is 37.7 Å². The van der Waals surface area contributed by atoms with Crippen LogP contribution in [0.15, 0.2) is 28.6 Å². The standard InChI is InChI=1S/C21H25N5O4S2/c1-14(2)22-18(27)12-31-21-24-23-20(32-21)26-9-7-25(8-10-26)19(28)6-4-15-3-5-16-17(11-15)30-13-29-16/h3-6,11,14H,7-10,12-13H2,1-2H3,(H,22,27)/b6-4+. The summed E-state index contributed by atoms with van der Waals surface area (Å²) in [5, 5.41) is 12.1. The number of amides is 2. The smallest absolute Gasteiger partial charge is 0.246 e. The van der Waals surface area contributed by atoms with E-state index in [2.05, 4.69) is 20.4 Å². The molecule has 1 fully saturated rings. The second kappa shape index (κ2) is 10.2. The van der Waals surface area contributed by atoms with Crippen molar-refractivity contribution < 1.29 is 19.1 Å². The van der Waals surface area contributed by atoms with Crippen LogP contribution in [0, 0.1) is 0 Å². The van der Waals surface area contributed by atoms with E-state index < -0.39 is 0 Å². The summed E-state index contributed by atoms with van der Waals surface area (Å²) in [4.78, 5) is 28.3. The van der Waals surface area contributed by atoms with Gasteiger partial charge in [-0.2, -0.15) is 0 Å². The van der Waals surface area contributed by atoms with Crippen LogP contribution >= 0.6 is 23.1 Å². The van der Waals surface area contributed by atoms with E-state index in [9.17, 15) is 9.59 Å². The van der Waals surface area contributed by atoms with Crippen LogP contribution in [0.5, 0.6) is 11.5 Å². The SMILES string of the molecule is CC(C)NC(=O)CSc1nnc(N2CCN(C(=O)/C=C/c3ccc4c(c3)OCO4)CC2)s1. The van der Waals surface area contributed by atoms with Gasteiger partial charge in [0.05, 0.1) is 5.75 Å². The lowest BCUT2D eigenvalue weighted by molar-refractivity contribution is -0.126. The second-order valence-corrected chi connectivity index (χ2v) is 9.80. The molecule has 2 aliphatic heterocycles. The molecule has 0 atom stereocenters. The Kier molecular flexibility index (Phi) is 7.15. The minimum Gasteiger partial charge on any atom is -0.454 e. The molecule has 2 amide bonds. The fourth-order valence-electron chi connectivity index (χ4n) is 3.29. The summed E-state index contributed by atoms with van der Waals surface area (Å²) < 4.78 is 11.4. The van der Waals surface area contributed by atoms with Crippen LogP contribution in [0.2, 0.25) is 0 Å². The average Bonchev–Trinajstić information content (AvgIpc) is 3.45. The highest BCUT2D eigenvalue weighted by Gasteiger charge is 2.22. The average molecular weight is 476 g/mol. The van der Waals surface area contributed by atoms with Gasteiger partial charge in [0.25, 0.3) is 0 Å². The normalized spacial score (nSPS) is 15.6. The fraction of sp³-hybridized carbons (Fsp3) is 0.429. The number of hydrogen-bond donors (Lipinski definition) is 1. The van der Waals surface area contributed by atoms with Gasteiger partial charge >= 0.3 is 0 Å². The number of carbonyl (C=O) groups excluding carboxylic acids is 2. The first-order valence-corrected chi connectivity index (χ1v) is 12.2. The van der Waals surface area contributed by atoms with Gasteiger partial charge in [0.2, 0.25) is 23.7 Å². The molecule has 1 aromatic carbocycles. The van der Waals surface area contributed by atoms with Gasteiger partial charge in [-0.3, -0.25) is 9.59 Å². The van der Waals surface area contributed by atoms with Crippen molar-refractivity contribution in [1.82, 2.24) is 20.4 Å². The Labute approximate surface area is 194 Å². The number of ether oxygens (including phenoxy) is 2. The third-order valence-electron chi connectivity index (χ3n) is 4.85. The molecule has 1 saturated heterocycles. The number of rotatable bonds is 7. The fourth-order valence-corrected chi connectivity index (χ4v) is 4.99. The monoisotopic (exact) mass is 475 g/mol. The van der Waals surface area contributed by atoms with Crippen LogP contribution in [-0.2, 0) is 9.59 Å². The Bertz CT molecular complexity index is 1000. The van der Waals surface area contributed by atoms with Gasteiger partial charge < -0.3 is 24.6 Å². The molecule has 3 heterocycles. The van der Waals surface area contributed by atoms with E-state index in [1.54, 1.807) is 12.2 Å².